The van der Waals surface area contributed by atoms with Crippen LogP contribution in [0.2, 0.25) is 0 Å². The van der Waals surface area contributed by atoms with Crippen LogP contribution in [0.4, 0.5) is 0 Å². The van der Waals surface area contributed by atoms with Crippen LogP contribution in [0.3, 0.4) is 0 Å². The number of ether oxygens (including phenoxy) is 1. The molecule has 0 N–H and O–H groups in total. The molecule has 0 bridgehead atoms. The van der Waals surface area contributed by atoms with Crippen molar-refractivity contribution in [3.63, 3.8) is 0 Å². The van der Waals surface area contributed by atoms with Crippen molar-refractivity contribution < 1.29 is 14.3 Å². The Labute approximate surface area is 108 Å². The van der Waals surface area contributed by atoms with E-state index in [-0.39, 0.29) is 18.7 Å². The van der Waals surface area contributed by atoms with E-state index in [4.69, 9.17) is 4.74 Å². The molecule has 0 saturated carbocycles. The Morgan fingerprint density at radius 3 is 2.50 bits per heavy atom. The fourth-order valence-electron chi connectivity index (χ4n) is 1.68. The van der Waals surface area contributed by atoms with Crippen LogP contribution in [0.25, 0.3) is 0 Å². The maximum atomic E-state index is 11.6. The van der Waals surface area contributed by atoms with Gasteiger partial charge in [-0.3, -0.25) is 14.5 Å². The number of Topliss-reactive ketones (excluding diaryl/α,β-unsaturated/α-hetero) is 1. The summed E-state index contributed by atoms with van der Waals surface area (Å²) in [6.45, 7) is 2.99. The highest BCUT2D eigenvalue weighted by atomic mass is 16.5. The first kappa shape index (κ1) is 14.4. The van der Waals surface area contributed by atoms with Gasteiger partial charge >= 0.3 is 5.97 Å². The number of hydrogen-bond donors (Lipinski definition) is 0. The molecule has 0 aliphatic heterocycles. The summed E-state index contributed by atoms with van der Waals surface area (Å²) in [5, 5.41) is 0. The smallest absolute Gasteiger partial charge is 0.313 e. The van der Waals surface area contributed by atoms with Gasteiger partial charge in [-0.15, -0.1) is 0 Å². The lowest BCUT2D eigenvalue weighted by molar-refractivity contribution is -0.145. The Kier molecular flexibility index (Phi) is 6.08. The molecule has 1 aromatic rings. The van der Waals surface area contributed by atoms with Crippen LogP contribution < -0.4 is 0 Å². The number of carbonyl (C=O) groups excluding carboxylic acids is 2. The van der Waals surface area contributed by atoms with Crippen molar-refractivity contribution >= 4 is 11.8 Å². The Morgan fingerprint density at radius 2 is 1.89 bits per heavy atom. The molecule has 1 aromatic carbocycles. The molecule has 1 rings (SSSR count). The van der Waals surface area contributed by atoms with Gasteiger partial charge in [0.2, 0.25) is 0 Å². The minimum Gasteiger partial charge on any atom is -0.466 e. The predicted octanol–water partition coefficient (Wildman–Crippen LogP) is 1.64. The van der Waals surface area contributed by atoms with Crippen LogP contribution in [0.15, 0.2) is 30.3 Å². The van der Waals surface area contributed by atoms with Crippen molar-refractivity contribution in [3.8, 4) is 0 Å². The molecule has 0 atom stereocenters. The zero-order chi connectivity index (χ0) is 13.4. The van der Waals surface area contributed by atoms with Gasteiger partial charge < -0.3 is 4.74 Å². The molecular formula is C14H19NO3. The molecule has 4 nitrogen and oxygen atoms in total. The van der Waals surface area contributed by atoms with Crippen LogP contribution in [0, 0.1) is 0 Å². The van der Waals surface area contributed by atoms with E-state index in [9.17, 15) is 9.59 Å². The van der Waals surface area contributed by atoms with Crippen LogP contribution in [-0.2, 0) is 20.9 Å². The monoisotopic (exact) mass is 249 g/mol. The molecule has 0 heterocycles. The zero-order valence-electron chi connectivity index (χ0n) is 10.9. The third-order valence-corrected chi connectivity index (χ3v) is 2.39. The molecule has 0 fully saturated rings. The van der Waals surface area contributed by atoms with Gasteiger partial charge in [0.25, 0.3) is 0 Å². The second-order valence-electron chi connectivity index (χ2n) is 4.18. The average molecular weight is 249 g/mol. The topological polar surface area (TPSA) is 46.6 Å². The molecule has 0 radical (unpaired) electrons. The highest BCUT2D eigenvalue weighted by Gasteiger charge is 2.12. The van der Waals surface area contributed by atoms with E-state index in [0.29, 0.717) is 13.2 Å². The van der Waals surface area contributed by atoms with Crippen molar-refractivity contribution in [2.45, 2.75) is 19.9 Å². The molecule has 0 spiro atoms. The highest BCUT2D eigenvalue weighted by Crippen LogP contribution is 2.03. The lowest BCUT2D eigenvalue weighted by atomic mass is 10.2. The molecule has 0 aliphatic carbocycles. The minimum absolute atomic E-state index is 0.119. The first-order valence-corrected chi connectivity index (χ1v) is 6.01. The van der Waals surface area contributed by atoms with Crippen LogP contribution in [-0.4, -0.2) is 36.9 Å². The third kappa shape index (κ3) is 5.59. The van der Waals surface area contributed by atoms with Crippen molar-refractivity contribution in [3.05, 3.63) is 35.9 Å². The minimum atomic E-state index is -0.449. The Bertz CT molecular complexity index is 389. The summed E-state index contributed by atoms with van der Waals surface area (Å²) in [5.74, 6) is -0.567. The van der Waals surface area contributed by atoms with Crippen LogP contribution in [0.5, 0.6) is 0 Å². The average Bonchev–Trinajstić information content (AvgIpc) is 2.29. The van der Waals surface area contributed by atoms with Crippen molar-refractivity contribution in [1.82, 2.24) is 4.90 Å². The highest BCUT2D eigenvalue weighted by molar-refractivity contribution is 5.96. The number of rotatable bonds is 7. The molecule has 0 saturated heterocycles. The first-order valence-electron chi connectivity index (χ1n) is 6.01. The lowest BCUT2D eigenvalue weighted by Crippen LogP contribution is -2.27. The van der Waals surface area contributed by atoms with Gasteiger partial charge in [-0.25, -0.2) is 0 Å². The predicted molar refractivity (Wildman–Crippen MR) is 69.0 cm³/mol. The molecule has 18 heavy (non-hydrogen) atoms. The standard InChI is InChI=1S/C14H19NO3/c1-3-18-14(17)9-13(16)11-15(2)10-12-7-5-4-6-8-12/h4-8H,3,9-11H2,1-2H3. The van der Waals surface area contributed by atoms with Crippen LogP contribution >= 0.6 is 0 Å². The number of benzene rings is 1. The van der Waals surface area contributed by atoms with E-state index in [1.165, 1.54) is 0 Å². The molecule has 0 aliphatic rings. The molecule has 0 aromatic heterocycles. The molecule has 98 valence electrons. The molecule has 0 unspecified atom stereocenters. The van der Waals surface area contributed by atoms with Crippen molar-refractivity contribution in [2.75, 3.05) is 20.2 Å². The number of carbonyl (C=O) groups is 2. The molecule has 0 amide bonds. The largest absolute Gasteiger partial charge is 0.466 e. The van der Waals surface area contributed by atoms with E-state index < -0.39 is 5.97 Å². The van der Waals surface area contributed by atoms with Gasteiger partial charge in [0.05, 0.1) is 13.2 Å². The van der Waals surface area contributed by atoms with Gasteiger partial charge in [0.15, 0.2) is 5.78 Å². The first-order chi connectivity index (χ1) is 8.61. The molecule has 4 heteroatoms. The SMILES string of the molecule is CCOC(=O)CC(=O)CN(C)Cc1ccccc1. The summed E-state index contributed by atoms with van der Waals surface area (Å²) >= 11 is 0. The number of ketones is 1. The summed E-state index contributed by atoms with van der Waals surface area (Å²) in [4.78, 5) is 24.6. The number of likely N-dealkylation sites (N-methyl/N-ethyl adjacent to an activating group) is 1. The maximum absolute atomic E-state index is 11.6. The van der Waals surface area contributed by atoms with Crippen molar-refractivity contribution in [2.24, 2.45) is 0 Å². The van der Waals surface area contributed by atoms with E-state index in [0.717, 1.165) is 5.56 Å². The van der Waals surface area contributed by atoms with Crippen molar-refractivity contribution in [1.29, 1.82) is 0 Å². The van der Waals surface area contributed by atoms with Crippen LogP contribution in [0.1, 0.15) is 18.9 Å². The van der Waals surface area contributed by atoms with E-state index in [1.807, 2.05) is 42.3 Å². The van der Waals surface area contributed by atoms with Gasteiger partial charge in [-0.2, -0.15) is 0 Å². The summed E-state index contributed by atoms with van der Waals surface area (Å²) in [6, 6.07) is 9.89. The van der Waals surface area contributed by atoms with Gasteiger partial charge in [-0.05, 0) is 19.5 Å². The van der Waals surface area contributed by atoms with E-state index in [1.54, 1.807) is 6.92 Å². The summed E-state index contributed by atoms with van der Waals surface area (Å²) in [7, 11) is 1.86. The zero-order valence-corrected chi connectivity index (χ0v) is 10.9. The summed E-state index contributed by atoms with van der Waals surface area (Å²) < 4.78 is 4.73. The molecular weight excluding hydrogens is 230 g/mol. The van der Waals surface area contributed by atoms with E-state index in [2.05, 4.69) is 0 Å². The van der Waals surface area contributed by atoms with E-state index >= 15 is 0 Å². The maximum Gasteiger partial charge on any atom is 0.313 e. The fraction of sp³-hybridized carbons (Fsp3) is 0.429. The second kappa shape index (κ2) is 7.61. The number of esters is 1. The second-order valence-corrected chi connectivity index (χ2v) is 4.18. The third-order valence-electron chi connectivity index (χ3n) is 2.39. The summed E-state index contributed by atoms with van der Waals surface area (Å²) in [6.07, 6.45) is -0.146. The quantitative estimate of drug-likeness (QED) is 0.544. The number of nitrogens with zero attached hydrogens (tertiary/aromatic N) is 1. The Morgan fingerprint density at radius 1 is 1.22 bits per heavy atom. The van der Waals surface area contributed by atoms with Gasteiger partial charge in [-0.1, -0.05) is 30.3 Å². The Hall–Kier alpha value is -1.68. The van der Waals surface area contributed by atoms with Gasteiger partial charge in [0.1, 0.15) is 6.42 Å². The lowest BCUT2D eigenvalue weighted by Gasteiger charge is -2.15. The Balaban J connectivity index is 2.34. The fourth-order valence-corrected chi connectivity index (χ4v) is 1.68. The number of hydrogen-bond acceptors (Lipinski definition) is 4. The summed E-state index contributed by atoms with van der Waals surface area (Å²) in [5.41, 5.74) is 1.14. The normalized spacial score (nSPS) is 10.4. The van der Waals surface area contributed by atoms with Gasteiger partial charge in [0, 0.05) is 6.54 Å².